The second-order valence-electron chi connectivity index (χ2n) is 6.78. The van der Waals surface area contributed by atoms with Crippen molar-refractivity contribution in [3.63, 3.8) is 0 Å². The molecule has 0 aliphatic carbocycles. The fourth-order valence-corrected chi connectivity index (χ4v) is 5.03. The van der Waals surface area contributed by atoms with Crippen LogP contribution >= 0.6 is 23.2 Å². The second-order valence-corrected chi connectivity index (χ2v) is 9.56. The first kappa shape index (κ1) is 21.8. The Bertz CT molecular complexity index is 1030. The maximum Gasteiger partial charge on any atom is 0.243 e. The molecule has 1 amide bonds. The first-order valence-corrected chi connectivity index (χ1v) is 11.2. The minimum Gasteiger partial charge on any atom is -0.340 e. The van der Waals surface area contributed by atoms with Crippen LogP contribution < -0.4 is 0 Å². The van der Waals surface area contributed by atoms with Crippen molar-refractivity contribution >= 4 is 44.9 Å². The molecular formula is C20H20Cl2N2O4S. The van der Waals surface area contributed by atoms with Gasteiger partial charge in [0, 0.05) is 41.8 Å². The van der Waals surface area contributed by atoms with Crippen molar-refractivity contribution in [2.24, 2.45) is 0 Å². The van der Waals surface area contributed by atoms with Gasteiger partial charge in [-0.05, 0) is 36.8 Å². The van der Waals surface area contributed by atoms with Crippen molar-refractivity contribution in [2.45, 2.75) is 18.2 Å². The van der Waals surface area contributed by atoms with Crippen LogP contribution in [0.5, 0.6) is 0 Å². The molecule has 1 heterocycles. The van der Waals surface area contributed by atoms with E-state index >= 15 is 0 Å². The Labute approximate surface area is 180 Å². The molecule has 0 radical (unpaired) electrons. The highest BCUT2D eigenvalue weighted by Crippen LogP contribution is 2.23. The molecule has 0 bridgehead atoms. The Hall–Kier alpha value is -1.93. The fourth-order valence-electron chi connectivity index (χ4n) is 3.13. The standard InChI is InChI=1S/C20H20Cl2N2O4S/c1-14(25)15-3-6-18(7-4-15)29(27,28)24-10-8-23(9-11-24)20(26)12-16-2-5-17(21)13-19(16)22/h2-7,13H,8-12H2,1H3. The van der Waals surface area contributed by atoms with E-state index in [1.165, 1.54) is 35.5 Å². The van der Waals surface area contributed by atoms with E-state index in [2.05, 4.69) is 0 Å². The molecule has 9 heteroatoms. The molecule has 1 aliphatic rings. The summed E-state index contributed by atoms with van der Waals surface area (Å²) in [5.74, 6) is -0.237. The van der Waals surface area contributed by atoms with E-state index in [1.807, 2.05) is 0 Å². The number of amides is 1. The van der Waals surface area contributed by atoms with Crippen LogP contribution in [0.25, 0.3) is 0 Å². The summed E-state index contributed by atoms with van der Waals surface area (Å²) in [4.78, 5) is 25.7. The van der Waals surface area contributed by atoms with Crippen LogP contribution in [0.4, 0.5) is 0 Å². The van der Waals surface area contributed by atoms with Crippen LogP contribution in [0.2, 0.25) is 10.0 Å². The van der Waals surface area contributed by atoms with Gasteiger partial charge in [0.15, 0.2) is 5.78 Å². The van der Waals surface area contributed by atoms with E-state index in [-0.39, 0.29) is 36.1 Å². The molecule has 0 aromatic heterocycles. The molecular weight excluding hydrogens is 435 g/mol. The highest BCUT2D eigenvalue weighted by molar-refractivity contribution is 7.89. The summed E-state index contributed by atoms with van der Waals surface area (Å²) in [5, 5.41) is 0.933. The van der Waals surface area contributed by atoms with E-state index in [0.29, 0.717) is 34.3 Å². The lowest BCUT2D eigenvalue weighted by Gasteiger charge is -2.34. The summed E-state index contributed by atoms with van der Waals surface area (Å²) in [6.45, 7) is 2.44. The first-order chi connectivity index (χ1) is 13.7. The molecule has 1 saturated heterocycles. The van der Waals surface area contributed by atoms with Gasteiger partial charge in [0.1, 0.15) is 0 Å². The average molecular weight is 455 g/mol. The molecule has 1 fully saturated rings. The van der Waals surface area contributed by atoms with Gasteiger partial charge in [0.2, 0.25) is 15.9 Å². The maximum atomic E-state index is 12.8. The van der Waals surface area contributed by atoms with Gasteiger partial charge in [-0.15, -0.1) is 0 Å². The zero-order valence-corrected chi connectivity index (χ0v) is 18.1. The minimum absolute atomic E-state index is 0.114. The quantitative estimate of drug-likeness (QED) is 0.649. The summed E-state index contributed by atoms with van der Waals surface area (Å²) < 4.78 is 27.0. The molecule has 0 spiro atoms. The number of Topliss-reactive ketones (excluding diaryl/α,β-unsaturated/α-hetero) is 1. The topological polar surface area (TPSA) is 74.8 Å². The number of piperazine rings is 1. The highest BCUT2D eigenvalue weighted by atomic mass is 35.5. The molecule has 154 valence electrons. The molecule has 0 atom stereocenters. The molecule has 29 heavy (non-hydrogen) atoms. The number of hydrogen-bond donors (Lipinski definition) is 0. The van der Waals surface area contributed by atoms with Crippen molar-refractivity contribution < 1.29 is 18.0 Å². The number of sulfonamides is 1. The Morgan fingerprint density at radius 2 is 1.59 bits per heavy atom. The molecule has 0 unspecified atom stereocenters. The van der Waals surface area contributed by atoms with Crippen molar-refractivity contribution in [1.29, 1.82) is 0 Å². The molecule has 6 nitrogen and oxygen atoms in total. The Morgan fingerprint density at radius 1 is 0.966 bits per heavy atom. The van der Waals surface area contributed by atoms with Crippen LogP contribution in [0.3, 0.4) is 0 Å². The minimum atomic E-state index is -3.68. The van der Waals surface area contributed by atoms with E-state index in [0.717, 1.165) is 0 Å². The lowest BCUT2D eigenvalue weighted by Crippen LogP contribution is -2.50. The summed E-state index contributed by atoms with van der Waals surface area (Å²) >= 11 is 12.0. The van der Waals surface area contributed by atoms with Crippen LogP contribution in [0, 0.1) is 0 Å². The Balaban J connectivity index is 1.63. The van der Waals surface area contributed by atoms with Crippen molar-refractivity contribution in [3.8, 4) is 0 Å². The van der Waals surface area contributed by atoms with Crippen LogP contribution in [0.1, 0.15) is 22.8 Å². The molecule has 1 aliphatic heterocycles. The van der Waals surface area contributed by atoms with Gasteiger partial charge < -0.3 is 4.90 Å². The maximum absolute atomic E-state index is 12.8. The first-order valence-electron chi connectivity index (χ1n) is 9.01. The summed E-state index contributed by atoms with van der Waals surface area (Å²) in [7, 11) is -3.68. The van der Waals surface area contributed by atoms with Crippen LogP contribution in [-0.4, -0.2) is 55.5 Å². The SMILES string of the molecule is CC(=O)c1ccc(S(=O)(=O)N2CCN(C(=O)Cc3ccc(Cl)cc3Cl)CC2)cc1. The van der Waals surface area contributed by atoms with Crippen LogP contribution in [0.15, 0.2) is 47.4 Å². The summed E-state index contributed by atoms with van der Waals surface area (Å²) in [6, 6.07) is 10.9. The summed E-state index contributed by atoms with van der Waals surface area (Å²) in [5.41, 5.74) is 1.14. The zero-order valence-electron chi connectivity index (χ0n) is 15.8. The highest BCUT2D eigenvalue weighted by Gasteiger charge is 2.30. The predicted molar refractivity (Wildman–Crippen MR) is 112 cm³/mol. The van der Waals surface area contributed by atoms with Gasteiger partial charge in [0.25, 0.3) is 0 Å². The van der Waals surface area contributed by atoms with Crippen molar-refractivity contribution in [3.05, 3.63) is 63.6 Å². The third kappa shape index (κ3) is 4.98. The number of ketones is 1. The lowest BCUT2D eigenvalue weighted by molar-refractivity contribution is -0.131. The molecule has 2 aromatic rings. The lowest BCUT2D eigenvalue weighted by atomic mass is 10.1. The smallest absolute Gasteiger partial charge is 0.243 e. The van der Waals surface area contributed by atoms with Gasteiger partial charge in [0.05, 0.1) is 11.3 Å². The number of nitrogens with zero attached hydrogens (tertiary/aromatic N) is 2. The van der Waals surface area contributed by atoms with Gasteiger partial charge in [-0.1, -0.05) is 41.4 Å². The third-order valence-electron chi connectivity index (χ3n) is 4.85. The van der Waals surface area contributed by atoms with E-state index < -0.39 is 10.0 Å². The second kappa shape index (κ2) is 8.83. The molecule has 0 saturated carbocycles. The average Bonchev–Trinajstić information content (AvgIpc) is 2.70. The largest absolute Gasteiger partial charge is 0.340 e. The van der Waals surface area contributed by atoms with E-state index in [9.17, 15) is 18.0 Å². The monoisotopic (exact) mass is 454 g/mol. The normalized spacial score (nSPS) is 15.3. The van der Waals surface area contributed by atoms with Crippen LogP contribution in [-0.2, 0) is 21.2 Å². The molecule has 2 aromatic carbocycles. The fraction of sp³-hybridized carbons (Fsp3) is 0.300. The number of rotatable bonds is 5. The summed E-state index contributed by atoms with van der Waals surface area (Å²) in [6.07, 6.45) is 0.134. The number of benzene rings is 2. The number of carbonyl (C=O) groups excluding carboxylic acids is 2. The Morgan fingerprint density at radius 3 is 2.14 bits per heavy atom. The molecule has 3 rings (SSSR count). The van der Waals surface area contributed by atoms with Gasteiger partial charge in [-0.3, -0.25) is 9.59 Å². The molecule has 0 N–H and O–H groups in total. The van der Waals surface area contributed by atoms with Gasteiger partial charge in [-0.2, -0.15) is 4.31 Å². The van der Waals surface area contributed by atoms with E-state index in [1.54, 1.807) is 23.1 Å². The van der Waals surface area contributed by atoms with Gasteiger partial charge >= 0.3 is 0 Å². The van der Waals surface area contributed by atoms with Crippen molar-refractivity contribution in [2.75, 3.05) is 26.2 Å². The van der Waals surface area contributed by atoms with Crippen molar-refractivity contribution in [1.82, 2.24) is 9.21 Å². The number of carbonyl (C=O) groups is 2. The van der Waals surface area contributed by atoms with Gasteiger partial charge in [-0.25, -0.2) is 8.42 Å². The zero-order chi connectivity index (χ0) is 21.2. The number of halogens is 2. The predicted octanol–water partition coefficient (Wildman–Crippen LogP) is 3.27. The number of hydrogen-bond acceptors (Lipinski definition) is 4. The Kier molecular flexibility index (Phi) is 6.63. The van der Waals surface area contributed by atoms with E-state index in [4.69, 9.17) is 23.2 Å². The third-order valence-corrected chi connectivity index (χ3v) is 7.35.